The third-order valence-corrected chi connectivity index (χ3v) is 3.18. The Morgan fingerprint density at radius 2 is 2.19 bits per heavy atom. The van der Waals surface area contributed by atoms with E-state index in [1.165, 1.54) is 6.20 Å². The molecule has 0 amide bonds. The molecule has 0 radical (unpaired) electrons. The van der Waals surface area contributed by atoms with Gasteiger partial charge in [-0.25, -0.2) is 4.39 Å². The molecule has 1 rings (SSSR count). The second-order valence-corrected chi connectivity index (χ2v) is 6.49. The van der Waals surface area contributed by atoms with E-state index < -0.39 is 21.9 Å². The number of pyridine rings is 1. The first-order valence-corrected chi connectivity index (χ1v) is 6.06. The van der Waals surface area contributed by atoms with Crippen LogP contribution in [0.3, 0.4) is 0 Å². The lowest BCUT2D eigenvalue weighted by molar-refractivity contribution is 0.561. The van der Waals surface area contributed by atoms with Crippen LogP contribution < -0.4 is 0 Å². The fourth-order valence-corrected chi connectivity index (χ4v) is 1.43. The average molecular weight is 263 g/mol. The first-order valence-electron chi connectivity index (χ1n) is 4.58. The standard InChI is InChI=1S/C10H12ClFN2OS/c1-10(2,3)16(15)14-6-9-8(12)4-7(11)5-13-9/h4-6H,1-3H3/b14-6+. The Bertz CT molecular complexity index is 406. The molecule has 0 aliphatic carbocycles. The van der Waals surface area contributed by atoms with Crippen LogP contribution in [-0.2, 0) is 11.4 Å². The molecule has 0 N–H and O–H groups in total. The van der Waals surface area contributed by atoms with E-state index in [4.69, 9.17) is 11.6 Å². The molecule has 0 fully saturated rings. The van der Waals surface area contributed by atoms with Crippen molar-refractivity contribution in [1.29, 1.82) is 0 Å². The zero-order valence-corrected chi connectivity index (χ0v) is 10.8. The highest BCUT2D eigenvalue weighted by molar-refractivity contribution is 7.91. The van der Waals surface area contributed by atoms with Crippen LogP contribution in [0.5, 0.6) is 0 Å². The first kappa shape index (κ1) is 13.4. The van der Waals surface area contributed by atoms with Gasteiger partial charge in [0.2, 0.25) is 0 Å². The summed E-state index contributed by atoms with van der Waals surface area (Å²) in [7, 11) is 0. The van der Waals surface area contributed by atoms with Gasteiger partial charge in [0.05, 0.1) is 5.02 Å². The van der Waals surface area contributed by atoms with Crippen molar-refractivity contribution in [2.24, 2.45) is 4.40 Å². The molecule has 1 aromatic heterocycles. The van der Waals surface area contributed by atoms with Crippen LogP contribution in [0, 0.1) is 5.82 Å². The van der Waals surface area contributed by atoms with Gasteiger partial charge in [-0.15, -0.1) is 0 Å². The molecule has 88 valence electrons. The van der Waals surface area contributed by atoms with E-state index in [9.17, 15) is 8.94 Å². The van der Waals surface area contributed by atoms with Crippen molar-refractivity contribution in [2.75, 3.05) is 0 Å². The van der Waals surface area contributed by atoms with E-state index in [0.29, 0.717) is 0 Å². The van der Waals surface area contributed by atoms with Crippen LogP contribution in [0.25, 0.3) is 0 Å². The van der Waals surface area contributed by atoms with Gasteiger partial charge in [0.25, 0.3) is 0 Å². The van der Waals surface area contributed by atoms with Crippen molar-refractivity contribution in [3.63, 3.8) is 0 Å². The summed E-state index contributed by atoms with van der Waals surface area (Å²) in [6.45, 7) is 5.35. The van der Waals surface area contributed by atoms with Crippen LogP contribution in [0.2, 0.25) is 5.02 Å². The molecule has 0 aromatic carbocycles. The molecule has 0 spiro atoms. The normalized spacial score (nSPS) is 14.4. The lowest BCUT2D eigenvalue weighted by Crippen LogP contribution is -2.25. The Labute approximate surface area is 102 Å². The number of aromatic nitrogens is 1. The minimum atomic E-state index is -1.42. The largest absolute Gasteiger partial charge is 0.591 e. The Morgan fingerprint density at radius 1 is 1.56 bits per heavy atom. The summed E-state index contributed by atoms with van der Waals surface area (Å²) in [5, 5.41) is 0.214. The third-order valence-electron chi connectivity index (χ3n) is 1.63. The monoisotopic (exact) mass is 262 g/mol. The van der Waals surface area contributed by atoms with Gasteiger partial charge in [0, 0.05) is 6.20 Å². The van der Waals surface area contributed by atoms with Crippen LogP contribution in [0.15, 0.2) is 16.7 Å². The lowest BCUT2D eigenvalue weighted by atomic mass is 10.3. The molecule has 0 bridgehead atoms. The summed E-state index contributed by atoms with van der Waals surface area (Å²) < 4.78 is 28.1. The molecule has 0 saturated heterocycles. The van der Waals surface area contributed by atoms with Crippen molar-refractivity contribution in [3.8, 4) is 0 Å². The lowest BCUT2D eigenvalue weighted by Gasteiger charge is -2.17. The first-order chi connectivity index (χ1) is 7.30. The highest BCUT2D eigenvalue weighted by atomic mass is 35.5. The quantitative estimate of drug-likeness (QED) is 0.608. The molecule has 0 saturated carbocycles. The number of hydrogen-bond donors (Lipinski definition) is 0. The fraction of sp³-hybridized carbons (Fsp3) is 0.400. The van der Waals surface area contributed by atoms with E-state index in [1.807, 2.05) is 0 Å². The van der Waals surface area contributed by atoms with E-state index >= 15 is 0 Å². The molecule has 1 heterocycles. The molecule has 16 heavy (non-hydrogen) atoms. The van der Waals surface area contributed by atoms with E-state index in [-0.39, 0.29) is 10.7 Å². The molecule has 1 unspecified atom stereocenters. The van der Waals surface area contributed by atoms with Gasteiger partial charge in [-0.1, -0.05) is 16.0 Å². The van der Waals surface area contributed by atoms with Crippen molar-refractivity contribution in [3.05, 3.63) is 28.8 Å². The Hall–Kier alpha value is -0.650. The molecule has 0 aliphatic heterocycles. The van der Waals surface area contributed by atoms with E-state index in [0.717, 1.165) is 12.3 Å². The predicted octanol–water partition coefficient (Wildman–Crippen LogP) is 2.76. The van der Waals surface area contributed by atoms with E-state index in [2.05, 4.69) is 9.38 Å². The maximum absolute atomic E-state index is 13.3. The van der Waals surface area contributed by atoms with Gasteiger partial charge in [-0.3, -0.25) is 4.98 Å². The van der Waals surface area contributed by atoms with Gasteiger partial charge in [-0.05, 0) is 26.8 Å². The fourth-order valence-electron chi connectivity index (χ4n) is 0.776. The Balaban J connectivity index is 2.85. The molecule has 3 nitrogen and oxygen atoms in total. The zero-order chi connectivity index (χ0) is 12.3. The van der Waals surface area contributed by atoms with Crippen molar-refractivity contribution in [1.82, 2.24) is 4.98 Å². The summed E-state index contributed by atoms with van der Waals surface area (Å²) in [6, 6.07) is 1.13. The van der Waals surface area contributed by atoms with Crippen molar-refractivity contribution >= 4 is 29.2 Å². The number of nitrogens with zero attached hydrogens (tertiary/aromatic N) is 2. The third kappa shape index (κ3) is 3.73. The topological polar surface area (TPSA) is 48.3 Å². The maximum Gasteiger partial charge on any atom is 0.152 e. The van der Waals surface area contributed by atoms with E-state index in [1.54, 1.807) is 20.8 Å². The molecule has 6 heteroatoms. The summed E-state index contributed by atoms with van der Waals surface area (Å²) in [4.78, 5) is 3.74. The maximum atomic E-state index is 13.3. The van der Waals surface area contributed by atoms with Gasteiger partial charge in [-0.2, -0.15) is 0 Å². The molecule has 1 atom stereocenters. The second kappa shape index (κ2) is 5.12. The second-order valence-electron chi connectivity index (χ2n) is 4.12. The van der Waals surface area contributed by atoms with Gasteiger partial charge >= 0.3 is 0 Å². The van der Waals surface area contributed by atoms with Crippen LogP contribution in [0.4, 0.5) is 4.39 Å². The number of rotatable bonds is 2. The summed E-state index contributed by atoms with van der Waals surface area (Å²) in [5.41, 5.74) is 0.0296. The van der Waals surface area contributed by atoms with Gasteiger partial charge < -0.3 is 4.55 Å². The van der Waals surface area contributed by atoms with Crippen molar-refractivity contribution < 1.29 is 8.94 Å². The number of halogens is 2. The SMILES string of the molecule is CC(C)(C)[S+]([O-])/N=C/c1ncc(Cl)cc1F. The summed E-state index contributed by atoms with van der Waals surface area (Å²) >= 11 is 4.12. The van der Waals surface area contributed by atoms with Crippen LogP contribution >= 0.6 is 11.6 Å². The van der Waals surface area contributed by atoms with Crippen LogP contribution in [0.1, 0.15) is 26.5 Å². The van der Waals surface area contributed by atoms with Gasteiger partial charge in [0.15, 0.2) is 5.82 Å². The van der Waals surface area contributed by atoms with Crippen LogP contribution in [-0.4, -0.2) is 20.5 Å². The average Bonchev–Trinajstić information content (AvgIpc) is 2.14. The zero-order valence-electron chi connectivity index (χ0n) is 9.20. The highest BCUT2D eigenvalue weighted by Gasteiger charge is 2.25. The molecular formula is C10H12ClFN2OS. The molecular weight excluding hydrogens is 251 g/mol. The Kier molecular flexibility index (Phi) is 4.29. The summed E-state index contributed by atoms with van der Waals surface area (Å²) in [5.74, 6) is -0.581. The smallest absolute Gasteiger partial charge is 0.152 e. The van der Waals surface area contributed by atoms with Crippen molar-refractivity contribution in [2.45, 2.75) is 25.5 Å². The Morgan fingerprint density at radius 3 is 2.69 bits per heavy atom. The highest BCUT2D eigenvalue weighted by Crippen LogP contribution is 2.17. The minimum absolute atomic E-state index is 0.0296. The predicted molar refractivity (Wildman–Crippen MR) is 64.7 cm³/mol. The molecule has 0 aliphatic rings. The van der Waals surface area contributed by atoms with Gasteiger partial charge in [0.1, 0.15) is 28.0 Å². The summed E-state index contributed by atoms with van der Waals surface area (Å²) in [6.07, 6.45) is 2.47. The molecule has 1 aromatic rings. The number of hydrogen-bond acceptors (Lipinski definition) is 3. The minimum Gasteiger partial charge on any atom is -0.591 e.